The minimum Gasteiger partial charge on any atom is -0.476 e. The van der Waals surface area contributed by atoms with Crippen LogP contribution >= 0.6 is 0 Å². The molecule has 1 atom stereocenters. The largest absolute Gasteiger partial charge is 0.476 e. The number of rotatable bonds is 4. The first-order valence-corrected chi connectivity index (χ1v) is 10.7. The molecule has 0 spiro atoms. The first-order valence-electron chi connectivity index (χ1n) is 8.85. The van der Waals surface area contributed by atoms with E-state index in [0.717, 1.165) is 35.1 Å². The second kappa shape index (κ2) is 7.23. The van der Waals surface area contributed by atoms with E-state index in [4.69, 9.17) is 4.74 Å². The summed E-state index contributed by atoms with van der Waals surface area (Å²) in [5.74, 6) is 0.0248. The molecule has 0 fully saturated rings. The number of aryl methyl sites for hydroxylation is 3. The third-order valence-corrected chi connectivity index (χ3v) is 5.81. The Labute approximate surface area is 160 Å². The SMILES string of the molecule is CCc1cccc(C)c1NC(=O)C1CN(S(C)(=O)=O)c2cc(C)ccc2O1. The molecule has 0 saturated heterocycles. The van der Waals surface area contributed by atoms with Crippen LogP contribution in [0.25, 0.3) is 0 Å². The standard InChI is InChI=1S/C20H24N2O4S/c1-5-15-8-6-7-14(3)19(15)21-20(23)18-12-22(27(4,24)25)16-11-13(2)9-10-17(16)26-18/h6-11,18H,5,12H2,1-4H3,(H,21,23). The van der Waals surface area contributed by atoms with E-state index < -0.39 is 16.1 Å². The van der Waals surface area contributed by atoms with Gasteiger partial charge < -0.3 is 10.1 Å². The Balaban J connectivity index is 1.92. The number of carbonyl (C=O) groups excluding carboxylic acids is 1. The smallest absolute Gasteiger partial charge is 0.267 e. The number of hydrogen-bond acceptors (Lipinski definition) is 4. The Morgan fingerprint density at radius 2 is 2.00 bits per heavy atom. The molecule has 1 unspecified atom stereocenters. The van der Waals surface area contributed by atoms with Gasteiger partial charge >= 0.3 is 0 Å². The summed E-state index contributed by atoms with van der Waals surface area (Å²) in [5.41, 5.74) is 4.12. The maximum absolute atomic E-state index is 12.9. The van der Waals surface area contributed by atoms with Crippen molar-refractivity contribution in [2.75, 3.05) is 22.4 Å². The van der Waals surface area contributed by atoms with Gasteiger partial charge in [0.15, 0.2) is 6.10 Å². The minimum absolute atomic E-state index is 0.0611. The summed E-state index contributed by atoms with van der Waals surface area (Å²) in [4.78, 5) is 12.9. The molecular formula is C20H24N2O4S. The number of benzene rings is 2. The van der Waals surface area contributed by atoms with Gasteiger partial charge in [-0.25, -0.2) is 8.42 Å². The van der Waals surface area contributed by atoms with Crippen LogP contribution in [0, 0.1) is 13.8 Å². The number of nitrogens with zero attached hydrogens (tertiary/aromatic N) is 1. The van der Waals surface area contributed by atoms with Crippen LogP contribution in [0.15, 0.2) is 36.4 Å². The monoisotopic (exact) mass is 388 g/mol. The maximum atomic E-state index is 12.9. The quantitative estimate of drug-likeness (QED) is 0.874. The van der Waals surface area contributed by atoms with E-state index >= 15 is 0 Å². The Kier molecular flexibility index (Phi) is 5.15. The Bertz CT molecular complexity index is 985. The van der Waals surface area contributed by atoms with Gasteiger partial charge in [-0.1, -0.05) is 31.2 Å². The number of sulfonamides is 1. The minimum atomic E-state index is -3.54. The normalized spacial score (nSPS) is 16.4. The predicted molar refractivity (Wildman–Crippen MR) is 107 cm³/mol. The molecule has 0 bridgehead atoms. The summed E-state index contributed by atoms with van der Waals surface area (Å²) in [6.45, 7) is 5.77. The van der Waals surface area contributed by atoms with Gasteiger partial charge in [0.1, 0.15) is 5.75 Å². The van der Waals surface area contributed by atoms with Crippen LogP contribution in [0.5, 0.6) is 5.75 Å². The molecule has 1 aliphatic rings. The number of carbonyl (C=O) groups is 1. The molecule has 2 aromatic rings. The van der Waals surface area contributed by atoms with Gasteiger partial charge in [-0.05, 0) is 49.1 Å². The first kappa shape index (κ1) is 19.2. The highest BCUT2D eigenvalue weighted by molar-refractivity contribution is 7.92. The van der Waals surface area contributed by atoms with Crippen LogP contribution in [0.1, 0.15) is 23.6 Å². The lowest BCUT2D eigenvalue weighted by Crippen LogP contribution is -2.48. The van der Waals surface area contributed by atoms with Crippen LogP contribution in [0.2, 0.25) is 0 Å². The number of nitrogens with one attached hydrogen (secondary N) is 1. The lowest BCUT2D eigenvalue weighted by atomic mass is 10.1. The van der Waals surface area contributed by atoms with Gasteiger partial charge in [0, 0.05) is 5.69 Å². The molecular weight excluding hydrogens is 364 g/mol. The number of fused-ring (bicyclic) bond motifs is 1. The van der Waals surface area contributed by atoms with Crippen molar-refractivity contribution in [1.29, 1.82) is 0 Å². The molecule has 1 amide bonds. The number of anilines is 2. The molecule has 2 aromatic carbocycles. The molecule has 27 heavy (non-hydrogen) atoms. The van der Waals surface area contributed by atoms with Crippen LogP contribution in [0.4, 0.5) is 11.4 Å². The Hall–Kier alpha value is -2.54. The lowest BCUT2D eigenvalue weighted by Gasteiger charge is -2.34. The molecule has 6 nitrogen and oxygen atoms in total. The molecule has 0 saturated carbocycles. The highest BCUT2D eigenvalue weighted by Crippen LogP contribution is 2.36. The second-order valence-corrected chi connectivity index (χ2v) is 8.73. The van der Waals surface area contributed by atoms with Crippen molar-refractivity contribution in [3.63, 3.8) is 0 Å². The van der Waals surface area contributed by atoms with Gasteiger partial charge in [-0.15, -0.1) is 0 Å². The van der Waals surface area contributed by atoms with E-state index in [1.165, 1.54) is 4.31 Å². The average molecular weight is 388 g/mol. The molecule has 0 aromatic heterocycles. The van der Waals surface area contributed by atoms with Crippen molar-refractivity contribution >= 4 is 27.3 Å². The van der Waals surface area contributed by atoms with Crippen LogP contribution in [0.3, 0.4) is 0 Å². The zero-order valence-electron chi connectivity index (χ0n) is 15.9. The van der Waals surface area contributed by atoms with Crippen LogP contribution in [-0.2, 0) is 21.2 Å². The summed E-state index contributed by atoms with van der Waals surface area (Å²) >= 11 is 0. The fraction of sp³-hybridized carbons (Fsp3) is 0.350. The summed E-state index contributed by atoms with van der Waals surface area (Å²) in [5, 5.41) is 2.93. The highest BCUT2D eigenvalue weighted by Gasteiger charge is 2.35. The van der Waals surface area contributed by atoms with Gasteiger partial charge in [0.25, 0.3) is 5.91 Å². The van der Waals surface area contributed by atoms with Crippen molar-refractivity contribution in [1.82, 2.24) is 0 Å². The number of hydrogen-bond donors (Lipinski definition) is 1. The predicted octanol–water partition coefficient (Wildman–Crippen LogP) is 3.03. The van der Waals surface area contributed by atoms with E-state index in [1.54, 1.807) is 12.1 Å². The summed E-state index contributed by atoms with van der Waals surface area (Å²) in [6.07, 6.45) is 0.982. The first-order chi connectivity index (χ1) is 12.7. The van der Waals surface area contributed by atoms with Gasteiger partial charge in [0.2, 0.25) is 10.0 Å². The summed E-state index contributed by atoms with van der Waals surface area (Å²) in [6, 6.07) is 11.1. The van der Waals surface area contributed by atoms with Crippen LogP contribution < -0.4 is 14.4 Å². The highest BCUT2D eigenvalue weighted by atomic mass is 32.2. The molecule has 7 heteroatoms. The maximum Gasteiger partial charge on any atom is 0.267 e. The van der Waals surface area contributed by atoms with Gasteiger partial charge in [0.05, 0.1) is 18.5 Å². The molecule has 0 aliphatic carbocycles. The van der Waals surface area contributed by atoms with Crippen molar-refractivity contribution in [3.8, 4) is 5.75 Å². The van der Waals surface area contributed by atoms with Crippen molar-refractivity contribution < 1.29 is 17.9 Å². The van der Waals surface area contributed by atoms with E-state index in [0.29, 0.717) is 11.4 Å². The number of para-hydroxylation sites is 1. The molecule has 1 heterocycles. The average Bonchev–Trinajstić information content (AvgIpc) is 2.61. The molecule has 144 valence electrons. The summed E-state index contributed by atoms with van der Waals surface area (Å²) < 4.78 is 31.6. The fourth-order valence-corrected chi connectivity index (χ4v) is 4.12. The van der Waals surface area contributed by atoms with Gasteiger partial charge in [-0.2, -0.15) is 0 Å². The Morgan fingerprint density at radius 1 is 1.26 bits per heavy atom. The number of ether oxygens (including phenoxy) is 1. The fourth-order valence-electron chi connectivity index (χ4n) is 3.22. The number of amides is 1. The topological polar surface area (TPSA) is 75.7 Å². The zero-order valence-corrected chi connectivity index (χ0v) is 16.8. The molecule has 1 aliphatic heterocycles. The van der Waals surface area contributed by atoms with Crippen LogP contribution in [-0.4, -0.2) is 33.2 Å². The lowest BCUT2D eigenvalue weighted by molar-refractivity contribution is -0.122. The molecule has 1 N–H and O–H groups in total. The van der Waals surface area contributed by atoms with Gasteiger partial charge in [-0.3, -0.25) is 9.10 Å². The van der Waals surface area contributed by atoms with E-state index in [2.05, 4.69) is 5.32 Å². The van der Waals surface area contributed by atoms with Crippen molar-refractivity contribution in [2.24, 2.45) is 0 Å². The molecule has 0 radical (unpaired) electrons. The van der Waals surface area contributed by atoms with Crippen molar-refractivity contribution in [2.45, 2.75) is 33.3 Å². The summed E-state index contributed by atoms with van der Waals surface area (Å²) in [7, 11) is -3.54. The Morgan fingerprint density at radius 3 is 2.67 bits per heavy atom. The third-order valence-electron chi connectivity index (χ3n) is 4.66. The van der Waals surface area contributed by atoms with E-state index in [1.807, 2.05) is 45.0 Å². The van der Waals surface area contributed by atoms with E-state index in [-0.39, 0.29) is 12.5 Å². The second-order valence-electron chi connectivity index (χ2n) is 6.82. The molecule has 3 rings (SSSR count). The third kappa shape index (κ3) is 3.93. The van der Waals surface area contributed by atoms with E-state index in [9.17, 15) is 13.2 Å². The van der Waals surface area contributed by atoms with Crippen molar-refractivity contribution in [3.05, 3.63) is 53.1 Å². The zero-order chi connectivity index (χ0) is 19.8.